The molecule has 0 atom stereocenters. The van der Waals surface area contributed by atoms with Crippen LogP contribution in [0.15, 0.2) is 77.8 Å². The zero-order valence-electron chi connectivity index (χ0n) is 41.3. The minimum absolute atomic E-state index is 0.0114. The Morgan fingerprint density at radius 1 is 0.915 bits per heavy atom. The van der Waals surface area contributed by atoms with E-state index in [1.807, 2.05) is 49.4 Å². The average Bonchev–Trinajstić information content (AvgIpc) is 3.93. The molecular formula is C53H63ClF3N10O2PS. The van der Waals surface area contributed by atoms with E-state index in [1.165, 1.54) is 32.8 Å². The van der Waals surface area contributed by atoms with Gasteiger partial charge in [0.25, 0.3) is 0 Å². The van der Waals surface area contributed by atoms with Gasteiger partial charge in [-0.3, -0.25) is 24.0 Å². The van der Waals surface area contributed by atoms with Gasteiger partial charge in [-0.1, -0.05) is 68.6 Å². The predicted molar refractivity (Wildman–Crippen MR) is 286 cm³/mol. The number of hydrogen-bond donors (Lipinski definition) is 4. The quantitative estimate of drug-likeness (QED) is 0.0431. The van der Waals surface area contributed by atoms with Gasteiger partial charge in [-0.05, 0) is 119 Å². The van der Waals surface area contributed by atoms with Crippen LogP contribution in [0.2, 0.25) is 5.02 Å². The number of rotatable bonds is 16. The van der Waals surface area contributed by atoms with E-state index in [1.54, 1.807) is 29.5 Å². The highest BCUT2D eigenvalue weighted by atomic mass is 35.5. The smallest absolute Gasteiger partial charge is 0.382 e. The largest absolute Gasteiger partial charge is 0.406 e. The summed E-state index contributed by atoms with van der Waals surface area (Å²) in [5.74, 6) is 7.78. The van der Waals surface area contributed by atoms with Crippen LogP contribution in [0, 0.1) is 32.6 Å². The fourth-order valence-corrected chi connectivity index (χ4v) is 10.8. The van der Waals surface area contributed by atoms with Crippen LogP contribution in [0.4, 0.5) is 24.5 Å². The van der Waals surface area contributed by atoms with Crippen LogP contribution in [0.3, 0.4) is 0 Å². The fourth-order valence-electron chi connectivity index (χ4n) is 8.72. The Hall–Kier alpha value is -5.72. The maximum absolute atomic E-state index is 13.7. The molecule has 3 aromatic carbocycles. The lowest BCUT2D eigenvalue weighted by Crippen LogP contribution is -2.44. The third-order valence-electron chi connectivity index (χ3n) is 12.6. The lowest BCUT2D eigenvalue weighted by atomic mass is 10.00. The molecule has 376 valence electrons. The van der Waals surface area contributed by atoms with E-state index < -0.39 is 12.7 Å². The summed E-state index contributed by atoms with van der Waals surface area (Å²) in [5, 5.41) is 25.0. The summed E-state index contributed by atoms with van der Waals surface area (Å²) in [5.41, 5.74) is 7.04. The van der Waals surface area contributed by atoms with E-state index in [4.69, 9.17) is 16.6 Å². The van der Waals surface area contributed by atoms with Crippen molar-refractivity contribution in [3.63, 3.8) is 0 Å². The topological polar surface area (TPSA) is 134 Å². The van der Waals surface area contributed by atoms with Crippen LogP contribution in [0.25, 0.3) is 15.9 Å². The zero-order valence-corrected chi connectivity index (χ0v) is 43.7. The second-order valence-electron chi connectivity index (χ2n) is 18.1. The molecule has 4 N–H and O–H groups in total. The van der Waals surface area contributed by atoms with Crippen molar-refractivity contribution >= 4 is 76.0 Å². The summed E-state index contributed by atoms with van der Waals surface area (Å²) in [6.07, 6.45) is 1.10. The van der Waals surface area contributed by atoms with Gasteiger partial charge in [0.15, 0.2) is 5.82 Å². The number of nitrogens with one attached hydrogen (secondary N) is 4. The van der Waals surface area contributed by atoms with Crippen LogP contribution in [0.5, 0.6) is 0 Å². The number of likely N-dealkylation sites (tertiary alicyclic amines) is 1. The molecule has 5 heterocycles. The SMILES string of the molecule is CC(=O)NCCCCCCNC(=O)CN1CCC(Nc2cccc3c2cc(C#CCNc2ccc(P(C)C)cc2)n3CC(F)(F)F)CC1.Cc1sc2c(c1C)C(c1ccc(Cl)cc1)=NCc1nnc(C)n1-2. The van der Waals surface area contributed by atoms with E-state index in [0.717, 1.165) is 95.9 Å². The van der Waals surface area contributed by atoms with Gasteiger partial charge < -0.3 is 25.8 Å². The van der Waals surface area contributed by atoms with Crippen molar-refractivity contribution in [2.75, 3.05) is 63.2 Å². The first kappa shape index (κ1) is 53.1. The number of aliphatic imine (C=N–C) groups is 1. The van der Waals surface area contributed by atoms with Gasteiger partial charge in [0.05, 0.1) is 30.0 Å². The average molecular weight is 1030 g/mol. The molecule has 71 heavy (non-hydrogen) atoms. The third kappa shape index (κ3) is 14.5. The number of carbonyl (C=O) groups excluding carboxylic acids is 2. The number of unbranched alkanes of at least 4 members (excludes halogenated alkanes) is 3. The number of alkyl halides is 3. The minimum atomic E-state index is -4.39. The number of amides is 2. The van der Waals surface area contributed by atoms with Crippen molar-refractivity contribution < 1.29 is 22.8 Å². The van der Waals surface area contributed by atoms with E-state index in [9.17, 15) is 22.8 Å². The third-order valence-corrected chi connectivity index (χ3v) is 15.3. The molecule has 18 heteroatoms. The van der Waals surface area contributed by atoms with Crippen LogP contribution in [-0.4, -0.2) is 107 Å². The summed E-state index contributed by atoms with van der Waals surface area (Å²) < 4.78 is 44.3. The monoisotopic (exact) mass is 1030 g/mol. The Morgan fingerprint density at radius 2 is 1.62 bits per heavy atom. The van der Waals surface area contributed by atoms with Gasteiger partial charge in [0.1, 0.15) is 23.9 Å². The molecular weight excluding hydrogens is 964 g/mol. The zero-order chi connectivity index (χ0) is 50.7. The minimum Gasteiger partial charge on any atom is -0.382 e. The van der Waals surface area contributed by atoms with Crippen molar-refractivity contribution in [1.82, 2.24) is 34.9 Å². The molecule has 2 aliphatic rings. The highest BCUT2D eigenvalue weighted by Gasteiger charge is 2.31. The van der Waals surface area contributed by atoms with Crippen LogP contribution in [-0.2, 0) is 22.7 Å². The number of fused-ring (bicyclic) bond motifs is 4. The second-order valence-corrected chi connectivity index (χ2v) is 22.1. The fraction of sp³-hybridized carbons (Fsp3) is 0.415. The number of anilines is 2. The van der Waals surface area contributed by atoms with Crippen molar-refractivity contribution in [2.45, 2.75) is 91.5 Å². The number of aryl methyl sites for hydroxylation is 2. The predicted octanol–water partition coefficient (Wildman–Crippen LogP) is 9.98. The maximum Gasteiger partial charge on any atom is 0.406 e. The lowest BCUT2D eigenvalue weighted by Gasteiger charge is -2.32. The first-order valence-corrected chi connectivity index (χ1v) is 27.5. The Bertz CT molecular complexity index is 2870. The molecule has 6 aromatic rings. The number of aromatic nitrogens is 4. The van der Waals surface area contributed by atoms with Crippen LogP contribution < -0.4 is 26.6 Å². The van der Waals surface area contributed by atoms with Crippen molar-refractivity contribution in [3.8, 4) is 16.8 Å². The molecule has 2 amide bonds. The Labute approximate surface area is 425 Å². The molecule has 0 bridgehead atoms. The molecule has 3 aromatic heterocycles. The molecule has 2 aliphatic heterocycles. The number of hydrogen-bond acceptors (Lipinski definition) is 9. The molecule has 8 rings (SSSR count). The summed E-state index contributed by atoms with van der Waals surface area (Å²) in [7, 11) is -0.180. The number of halogens is 4. The van der Waals surface area contributed by atoms with Crippen LogP contribution in [0.1, 0.15) is 84.4 Å². The van der Waals surface area contributed by atoms with Crippen molar-refractivity contribution in [2.24, 2.45) is 4.99 Å². The highest BCUT2D eigenvalue weighted by Crippen LogP contribution is 2.37. The summed E-state index contributed by atoms with van der Waals surface area (Å²) in [6.45, 7) is 15.1. The second kappa shape index (κ2) is 24.6. The number of thiophene rings is 1. The van der Waals surface area contributed by atoms with Crippen LogP contribution >= 0.6 is 30.9 Å². The molecule has 0 unspecified atom stereocenters. The van der Waals surface area contributed by atoms with Gasteiger partial charge >= 0.3 is 6.18 Å². The van der Waals surface area contributed by atoms with Gasteiger partial charge in [-0.25, -0.2) is 0 Å². The first-order chi connectivity index (χ1) is 34.0. The Morgan fingerprint density at radius 3 is 2.30 bits per heavy atom. The van der Waals surface area contributed by atoms with E-state index in [0.29, 0.717) is 49.3 Å². The van der Waals surface area contributed by atoms with E-state index in [-0.39, 0.29) is 25.8 Å². The molecule has 0 saturated carbocycles. The first-order valence-electron chi connectivity index (χ1n) is 24.1. The van der Waals surface area contributed by atoms with Crippen molar-refractivity contribution in [3.05, 3.63) is 117 Å². The summed E-state index contributed by atoms with van der Waals surface area (Å²) >= 11 is 7.80. The number of carbonyl (C=O) groups is 2. The summed E-state index contributed by atoms with van der Waals surface area (Å²) in [4.78, 5) is 31.6. The number of piperidine rings is 1. The van der Waals surface area contributed by atoms with E-state index in [2.05, 4.69) is 92.1 Å². The molecule has 1 saturated heterocycles. The standard InChI is InChI=1S/C36H48F3N6O2P.C17H15ClN4S/c1-27(46)40-19-6-4-5-7-20-42-35(47)25-44-22-17-29(18-23-44)43-33-11-8-12-34-32(33)24-30(45(34)26-36(37,38)39)10-9-21-41-28-13-15-31(16-14-28)48(2)3;1-9-10(2)23-17-15(9)16(12-4-6-13(18)7-5-12)19-8-14-21-20-11(3)22(14)17/h8,11-16,24,29,41,43H,4-7,17-23,25-26H2,1-3H3,(H,40,46)(H,42,47);4-7H,8H2,1-3H3. The van der Waals surface area contributed by atoms with Crippen molar-refractivity contribution in [1.29, 1.82) is 0 Å². The molecule has 12 nitrogen and oxygen atoms in total. The van der Waals surface area contributed by atoms with Gasteiger partial charge in [-0.15, -0.1) is 21.5 Å². The van der Waals surface area contributed by atoms with E-state index >= 15 is 0 Å². The number of nitrogens with zero attached hydrogens (tertiary/aromatic N) is 6. The summed E-state index contributed by atoms with van der Waals surface area (Å²) in [6, 6.07) is 23.3. The Kier molecular flexibility index (Phi) is 18.4. The highest BCUT2D eigenvalue weighted by molar-refractivity contribution is 7.64. The molecule has 0 aliphatic carbocycles. The van der Waals surface area contributed by atoms with Gasteiger partial charge in [0, 0.05) is 76.9 Å². The normalized spacial score (nSPS) is 13.8. The Balaban J connectivity index is 0.000000266. The van der Waals surface area contributed by atoms with Gasteiger partial charge in [-0.2, -0.15) is 13.2 Å². The number of benzene rings is 3. The lowest BCUT2D eigenvalue weighted by molar-refractivity contribution is -0.140. The molecule has 0 spiro atoms. The molecule has 1 fully saturated rings. The van der Waals surface area contributed by atoms with Gasteiger partial charge in [0.2, 0.25) is 11.8 Å². The maximum atomic E-state index is 13.7. The molecule has 0 radical (unpaired) electrons.